The summed E-state index contributed by atoms with van der Waals surface area (Å²) in [5.74, 6) is 0.124. The van der Waals surface area contributed by atoms with E-state index < -0.39 is 0 Å². The number of carbonyl (C=O) groups is 1. The Kier molecular flexibility index (Phi) is 5.31. The van der Waals surface area contributed by atoms with E-state index >= 15 is 0 Å². The van der Waals surface area contributed by atoms with E-state index in [-0.39, 0.29) is 5.91 Å². The molecule has 0 radical (unpaired) electrons. The van der Waals surface area contributed by atoms with E-state index in [0.717, 1.165) is 6.42 Å². The molecule has 2 atom stereocenters. The number of nitrogens with one attached hydrogen (secondary N) is 2. The van der Waals surface area contributed by atoms with Crippen molar-refractivity contribution in [3.8, 4) is 0 Å². The van der Waals surface area contributed by atoms with Gasteiger partial charge in [-0.15, -0.1) is 0 Å². The zero-order valence-electron chi connectivity index (χ0n) is 14.6. The van der Waals surface area contributed by atoms with Crippen molar-refractivity contribution in [2.75, 3.05) is 13.6 Å². The summed E-state index contributed by atoms with van der Waals surface area (Å²) < 4.78 is 0. The standard InChI is InChI=1S/C21H26N2O/c1-16-8-3-4-10-18(16)14-22-21(24)15-23(2)20-13-7-11-17-9-5-6-12-19(17)20/h3-6,8-10,12,20H,7,11,13-15H2,1-2H3,(H,22,24)/p+1/t20-/m1/s1. The first-order chi connectivity index (χ1) is 11.6. The van der Waals surface area contributed by atoms with Gasteiger partial charge < -0.3 is 10.2 Å². The van der Waals surface area contributed by atoms with Crippen LogP contribution >= 0.6 is 0 Å². The third-order valence-corrected chi connectivity index (χ3v) is 5.14. The fourth-order valence-corrected chi connectivity index (χ4v) is 3.71. The normalized spacial score (nSPS) is 17.8. The summed E-state index contributed by atoms with van der Waals surface area (Å²) in [7, 11) is 2.14. The number of quaternary nitrogens is 1. The Hall–Kier alpha value is -2.13. The first-order valence-electron chi connectivity index (χ1n) is 8.86. The molecule has 1 unspecified atom stereocenters. The van der Waals surface area contributed by atoms with Crippen LogP contribution in [0.1, 0.15) is 41.1 Å². The van der Waals surface area contributed by atoms with E-state index in [1.807, 2.05) is 12.1 Å². The summed E-state index contributed by atoms with van der Waals surface area (Å²) in [5.41, 5.74) is 5.28. The quantitative estimate of drug-likeness (QED) is 0.869. The average Bonchev–Trinajstić information content (AvgIpc) is 2.60. The van der Waals surface area contributed by atoms with Crippen LogP contribution in [0.15, 0.2) is 48.5 Å². The minimum absolute atomic E-state index is 0.124. The van der Waals surface area contributed by atoms with Gasteiger partial charge in [-0.1, -0.05) is 48.5 Å². The molecule has 0 spiro atoms. The lowest BCUT2D eigenvalue weighted by Crippen LogP contribution is -3.10. The second-order valence-electron chi connectivity index (χ2n) is 6.87. The Labute approximate surface area is 144 Å². The molecule has 2 N–H and O–H groups in total. The molecule has 3 rings (SSSR count). The number of rotatable bonds is 5. The Bertz CT molecular complexity index is 710. The maximum atomic E-state index is 12.4. The van der Waals surface area contributed by atoms with Crippen LogP contribution in [0.2, 0.25) is 0 Å². The first kappa shape index (κ1) is 16.7. The molecule has 24 heavy (non-hydrogen) atoms. The number of hydrogen-bond acceptors (Lipinski definition) is 1. The second-order valence-corrected chi connectivity index (χ2v) is 6.87. The van der Waals surface area contributed by atoms with E-state index in [1.54, 1.807) is 0 Å². The van der Waals surface area contributed by atoms with Gasteiger partial charge in [0.05, 0.1) is 7.05 Å². The monoisotopic (exact) mass is 323 g/mol. The van der Waals surface area contributed by atoms with E-state index in [9.17, 15) is 4.79 Å². The van der Waals surface area contributed by atoms with Crippen LogP contribution in [0.4, 0.5) is 0 Å². The average molecular weight is 323 g/mol. The number of benzene rings is 2. The Morgan fingerprint density at radius 2 is 1.92 bits per heavy atom. The molecule has 0 bridgehead atoms. The molecule has 0 aliphatic heterocycles. The molecule has 0 saturated heterocycles. The number of likely N-dealkylation sites (N-methyl/N-ethyl adjacent to an activating group) is 1. The number of aryl methyl sites for hydroxylation is 2. The highest BCUT2D eigenvalue weighted by Gasteiger charge is 2.27. The number of carbonyl (C=O) groups excluding carboxylic acids is 1. The molecule has 2 aromatic rings. The van der Waals surface area contributed by atoms with Crippen LogP contribution in [0.3, 0.4) is 0 Å². The molecule has 2 aromatic carbocycles. The zero-order chi connectivity index (χ0) is 16.9. The highest BCUT2D eigenvalue weighted by Crippen LogP contribution is 2.27. The van der Waals surface area contributed by atoms with E-state index in [2.05, 4.69) is 55.7 Å². The first-order valence-corrected chi connectivity index (χ1v) is 8.86. The smallest absolute Gasteiger partial charge is 0.275 e. The summed E-state index contributed by atoms with van der Waals surface area (Å²) in [4.78, 5) is 13.6. The predicted octanol–water partition coefficient (Wildman–Crippen LogP) is 2.20. The van der Waals surface area contributed by atoms with Crippen molar-refractivity contribution in [1.82, 2.24) is 5.32 Å². The molecular weight excluding hydrogens is 296 g/mol. The summed E-state index contributed by atoms with van der Waals surface area (Å²) in [6, 6.07) is 17.3. The predicted molar refractivity (Wildman–Crippen MR) is 96.9 cm³/mol. The van der Waals surface area contributed by atoms with Crippen molar-refractivity contribution in [1.29, 1.82) is 0 Å². The molecule has 1 aliphatic carbocycles. The molecule has 0 fully saturated rings. The summed E-state index contributed by atoms with van der Waals surface area (Å²) in [6.07, 6.45) is 3.54. The van der Waals surface area contributed by atoms with Crippen molar-refractivity contribution >= 4 is 5.91 Å². The van der Waals surface area contributed by atoms with E-state index in [4.69, 9.17) is 0 Å². The van der Waals surface area contributed by atoms with Gasteiger partial charge in [0, 0.05) is 18.5 Å². The molecule has 0 saturated carbocycles. The van der Waals surface area contributed by atoms with Crippen LogP contribution in [-0.4, -0.2) is 19.5 Å². The Balaban J connectivity index is 1.58. The Morgan fingerprint density at radius 1 is 1.17 bits per heavy atom. The largest absolute Gasteiger partial charge is 0.347 e. The number of amides is 1. The van der Waals surface area contributed by atoms with Crippen molar-refractivity contribution in [2.24, 2.45) is 0 Å². The lowest BCUT2D eigenvalue weighted by Gasteiger charge is -2.30. The molecule has 1 amide bonds. The van der Waals surface area contributed by atoms with Crippen molar-refractivity contribution in [3.05, 3.63) is 70.8 Å². The Morgan fingerprint density at radius 3 is 2.75 bits per heavy atom. The van der Waals surface area contributed by atoms with Gasteiger partial charge in [0.15, 0.2) is 6.54 Å². The zero-order valence-corrected chi connectivity index (χ0v) is 14.6. The maximum Gasteiger partial charge on any atom is 0.275 e. The topological polar surface area (TPSA) is 33.5 Å². The SMILES string of the molecule is Cc1ccccc1CNC(=O)C[NH+](C)[C@@H]1CCCc2ccccc21. The maximum absolute atomic E-state index is 12.4. The van der Waals surface area contributed by atoms with Gasteiger partial charge in [0.25, 0.3) is 5.91 Å². The summed E-state index contributed by atoms with van der Waals surface area (Å²) in [5, 5.41) is 3.07. The van der Waals surface area contributed by atoms with Gasteiger partial charge in [0.1, 0.15) is 6.04 Å². The number of fused-ring (bicyclic) bond motifs is 1. The van der Waals surface area contributed by atoms with Gasteiger partial charge in [0.2, 0.25) is 0 Å². The highest BCUT2D eigenvalue weighted by atomic mass is 16.2. The molecule has 3 nitrogen and oxygen atoms in total. The van der Waals surface area contributed by atoms with E-state index in [0.29, 0.717) is 19.1 Å². The van der Waals surface area contributed by atoms with Gasteiger partial charge in [-0.05, 0) is 36.5 Å². The van der Waals surface area contributed by atoms with Crippen LogP contribution < -0.4 is 10.2 Å². The van der Waals surface area contributed by atoms with Crippen LogP contribution in [-0.2, 0) is 17.8 Å². The molecular formula is C21H27N2O+. The van der Waals surface area contributed by atoms with Gasteiger partial charge >= 0.3 is 0 Å². The van der Waals surface area contributed by atoms with Crippen LogP contribution in [0.5, 0.6) is 0 Å². The molecule has 126 valence electrons. The van der Waals surface area contributed by atoms with Gasteiger partial charge in [-0.2, -0.15) is 0 Å². The minimum Gasteiger partial charge on any atom is -0.347 e. The highest BCUT2D eigenvalue weighted by molar-refractivity contribution is 5.76. The van der Waals surface area contributed by atoms with Crippen LogP contribution in [0.25, 0.3) is 0 Å². The summed E-state index contributed by atoms with van der Waals surface area (Å²) >= 11 is 0. The molecule has 0 aromatic heterocycles. The fraction of sp³-hybridized carbons (Fsp3) is 0.381. The van der Waals surface area contributed by atoms with Crippen LogP contribution in [0, 0.1) is 6.92 Å². The molecule has 1 aliphatic rings. The molecule has 0 heterocycles. The van der Waals surface area contributed by atoms with Gasteiger partial charge in [-0.25, -0.2) is 0 Å². The lowest BCUT2D eigenvalue weighted by molar-refractivity contribution is -0.905. The summed E-state index contributed by atoms with van der Waals surface area (Å²) in [6.45, 7) is 3.21. The molecule has 3 heteroatoms. The minimum atomic E-state index is 0.124. The fourth-order valence-electron chi connectivity index (χ4n) is 3.71. The second kappa shape index (κ2) is 7.63. The third kappa shape index (κ3) is 3.85. The van der Waals surface area contributed by atoms with Crippen molar-refractivity contribution < 1.29 is 9.69 Å². The van der Waals surface area contributed by atoms with Crippen molar-refractivity contribution in [3.63, 3.8) is 0 Å². The van der Waals surface area contributed by atoms with E-state index in [1.165, 1.54) is 40.0 Å². The third-order valence-electron chi connectivity index (χ3n) is 5.14. The lowest BCUT2D eigenvalue weighted by atomic mass is 9.87. The van der Waals surface area contributed by atoms with Crippen molar-refractivity contribution in [2.45, 2.75) is 38.8 Å². The van der Waals surface area contributed by atoms with Gasteiger partial charge in [-0.3, -0.25) is 4.79 Å². The number of hydrogen-bond donors (Lipinski definition) is 2.